The third kappa shape index (κ3) is 4.03. The number of fused-ring (bicyclic) bond motifs is 3. The molecule has 35 heavy (non-hydrogen) atoms. The van der Waals surface area contributed by atoms with Crippen molar-refractivity contribution < 1.29 is 4.79 Å². The first-order chi connectivity index (χ1) is 17.0. The molecule has 0 N–H and O–H groups in total. The van der Waals surface area contributed by atoms with Crippen molar-refractivity contribution in [3.63, 3.8) is 0 Å². The molecule has 2 bridgehead atoms. The number of likely N-dealkylation sites (tertiary alicyclic amines) is 1. The van der Waals surface area contributed by atoms with Crippen molar-refractivity contribution in [3.05, 3.63) is 90.2 Å². The van der Waals surface area contributed by atoms with Gasteiger partial charge in [0.1, 0.15) is 0 Å². The average molecular weight is 465 g/mol. The molecule has 2 saturated heterocycles. The van der Waals surface area contributed by atoms with Crippen molar-refractivity contribution in [1.29, 1.82) is 0 Å². The van der Waals surface area contributed by atoms with Gasteiger partial charge in [-0.05, 0) is 43.7 Å². The fourth-order valence-electron chi connectivity index (χ4n) is 6.32. The van der Waals surface area contributed by atoms with Gasteiger partial charge in [0, 0.05) is 43.7 Å². The van der Waals surface area contributed by atoms with Crippen molar-refractivity contribution in [2.75, 3.05) is 31.1 Å². The molecular formula is C30H32N4O. The maximum absolute atomic E-state index is 14.1. The number of aryl methyl sites for hydroxylation is 1. The van der Waals surface area contributed by atoms with Crippen LogP contribution in [0.2, 0.25) is 0 Å². The molecule has 3 aliphatic rings. The van der Waals surface area contributed by atoms with E-state index in [0.29, 0.717) is 11.8 Å². The second-order valence-corrected chi connectivity index (χ2v) is 10.7. The van der Waals surface area contributed by atoms with E-state index >= 15 is 0 Å². The molecule has 1 aromatic heterocycles. The second kappa shape index (κ2) is 8.63. The Labute approximate surface area is 207 Å². The molecule has 178 valence electrons. The van der Waals surface area contributed by atoms with E-state index in [1.165, 1.54) is 17.5 Å². The maximum Gasteiger partial charge on any atom is 0.233 e. The number of piperidine rings is 2. The molecule has 5 nitrogen and oxygen atoms in total. The van der Waals surface area contributed by atoms with Gasteiger partial charge < -0.3 is 9.80 Å². The first-order valence-electron chi connectivity index (χ1n) is 12.7. The number of rotatable bonds is 3. The van der Waals surface area contributed by atoms with Crippen LogP contribution in [0, 0.1) is 24.2 Å². The lowest BCUT2D eigenvalue weighted by molar-refractivity contribution is -0.142. The predicted molar refractivity (Wildman–Crippen MR) is 140 cm³/mol. The van der Waals surface area contributed by atoms with Crippen molar-refractivity contribution in [2.45, 2.75) is 26.2 Å². The smallest absolute Gasteiger partial charge is 0.233 e. The van der Waals surface area contributed by atoms with Gasteiger partial charge in [-0.15, -0.1) is 0 Å². The van der Waals surface area contributed by atoms with Crippen LogP contribution in [0.25, 0.3) is 10.9 Å². The Morgan fingerprint density at radius 1 is 1.00 bits per heavy atom. The van der Waals surface area contributed by atoms with Gasteiger partial charge in [-0.1, -0.05) is 72.3 Å². The zero-order valence-electron chi connectivity index (χ0n) is 20.5. The van der Waals surface area contributed by atoms with Gasteiger partial charge in [0.2, 0.25) is 11.9 Å². The van der Waals surface area contributed by atoms with Gasteiger partial charge in [0.05, 0.1) is 10.9 Å². The number of amides is 1. The largest absolute Gasteiger partial charge is 0.341 e. The SMILES string of the molecule is Cc1cccc(C2C=CC=CC2(C)C(=O)N2CC3CC(C2)CN(c2ncc4ccccc4n2)C3)c1. The Bertz CT molecular complexity index is 1320. The number of carbonyl (C=O) groups excluding carboxylic acids is 1. The highest BCUT2D eigenvalue weighted by atomic mass is 16.2. The number of nitrogens with zero attached hydrogens (tertiary/aromatic N) is 4. The Balaban J connectivity index is 1.21. The van der Waals surface area contributed by atoms with Crippen LogP contribution in [0.15, 0.2) is 79.0 Å². The number of carbonyl (C=O) groups is 1. The molecule has 4 atom stereocenters. The summed E-state index contributed by atoms with van der Waals surface area (Å²) >= 11 is 0. The first kappa shape index (κ1) is 22.0. The zero-order chi connectivity index (χ0) is 24.0. The highest BCUT2D eigenvalue weighted by molar-refractivity contribution is 5.86. The van der Waals surface area contributed by atoms with Gasteiger partial charge in [-0.3, -0.25) is 4.79 Å². The van der Waals surface area contributed by atoms with E-state index < -0.39 is 5.41 Å². The molecule has 1 aliphatic carbocycles. The van der Waals surface area contributed by atoms with Crippen LogP contribution in [-0.2, 0) is 4.79 Å². The summed E-state index contributed by atoms with van der Waals surface area (Å²) in [4.78, 5) is 28.0. The maximum atomic E-state index is 14.1. The third-order valence-corrected chi connectivity index (χ3v) is 7.99. The minimum atomic E-state index is -0.574. The zero-order valence-corrected chi connectivity index (χ0v) is 20.5. The van der Waals surface area contributed by atoms with Crippen molar-refractivity contribution in [1.82, 2.24) is 14.9 Å². The summed E-state index contributed by atoms with van der Waals surface area (Å²) in [5.41, 5.74) is 2.84. The standard InChI is InChI=1S/C30H32N4O/c1-21-8-7-10-24(14-21)26-11-5-6-13-30(26,2)28(35)33-17-22-15-23(18-33)20-34(19-22)29-31-16-25-9-3-4-12-27(25)32-29/h3-14,16,22-23,26H,15,17-20H2,1-2H3. The summed E-state index contributed by atoms with van der Waals surface area (Å²) in [6, 6.07) is 16.7. The normalized spacial score (nSPS) is 27.9. The van der Waals surface area contributed by atoms with Crippen LogP contribution in [0.4, 0.5) is 5.95 Å². The molecule has 4 unspecified atom stereocenters. The lowest BCUT2D eigenvalue weighted by Gasteiger charge is -2.48. The van der Waals surface area contributed by atoms with E-state index in [1.54, 1.807) is 0 Å². The second-order valence-electron chi connectivity index (χ2n) is 10.7. The molecular weight excluding hydrogens is 432 g/mol. The van der Waals surface area contributed by atoms with E-state index in [1.807, 2.05) is 36.5 Å². The van der Waals surface area contributed by atoms with Crippen molar-refractivity contribution in [3.8, 4) is 0 Å². The summed E-state index contributed by atoms with van der Waals surface area (Å²) in [7, 11) is 0. The number of hydrogen-bond donors (Lipinski definition) is 0. The van der Waals surface area contributed by atoms with Crippen molar-refractivity contribution >= 4 is 22.8 Å². The van der Waals surface area contributed by atoms with E-state index in [4.69, 9.17) is 4.98 Å². The molecule has 2 fully saturated rings. The van der Waals surface area contributed by atoms with Gasteiger partial charge >= 0.3 is 0 Å². The average Bonchev–Trinajstić information content (AvgIpc) is 2.87. The van der Waals surface area contributed by atoms with Crippen LogP contribution in [0.3, 0.4) is 0 Å². The number of hydrogen-bond acceptors (Lipinski definition) is 4. The Morgan fingerprint density at radius 2 is 1.80 bits per heavy atom. The number of para-hydroxylation sites is 1. The highest BCUT2D eigenvalue weighted by Gasteiger charge is 2.45. The monoisotopic (exact) mass is 464 g/mol. The molecule has 0 radical (unpaired) electrons. The van der Waals surface area contributed by atoms with Crippen LogP contribution in [-0.4, -0.2) is 47.0 Å². The van der Waals surface area contributed by atoms with Crippen LogP contribution in [0.1, 0.15) is 30.4 Å². The van der Waals surface area contributed by atoms with E-state index in [9.17, 15) is 4.79 Å². The Hall–Kier alpha value is -3.47. The number of benzene rings is 2. The van der Waals surface area contributed by atoms with Crippen LogP contribution in [0.5, 0.6) is 0 Å². The number of aromatic nitrogens is 2. The van der Waals surface area contributed by atoms with Crippen LogP contribution < -0.4 is 4.90 Å². The van der Waals surface area contributed by atoms with Crippen LogP contribution >= 0.6 is 0 Å². The van der Waals surface area contributed by atoms with Gasteiger partial charge in [0.15, 0.2) is 0 Å². The quantitative estimate of drug-likeness (QED) is 0.539. The third-order valence-electron chi connectivity index (χ3n) is 7.99. The lowest BCUT2D eigenvalue weighted by atomic mass is 9.69. The molecule has 2 aliphatic heterocycles. The summed E-state index contributed by atoms with van der Waals surface area (Å²) < 4.78 is 0. The molecule has 3 heterocycles. The lowest BCUT2D eigenvalue weighted by Crippen LogP contribution is -2.57. The molecule has 1 amide bonds. The molecule has 6 rings (SSSR count). The topological polar surface area (TPSA) is 49.3 Å². The minimum Gasteiger partial charge on any atom is -0.341 e. The van der Waals surface area contributed by atoms with E-state index in [-0.39, 0.29) is 11.8 Å². The highest BCUT2D eigenvalue weighted by Crippen LogP contribution is 2.43. The summed E-state index contributed by atoms with van der Waals surface area (Å²) in [5.74, 6) is 1.97. The predicted octanol–water partition coefficient (Wildman–Crippen LogP) is 5.14. The summed E-state index contributed by atoms with van der Waals surface area (Å²) in [6.07, 6.45) is 11.5. The van der Waals surface area contributed by atoms with Gasteiger partial charge in [-0.2, -0.15) is 0 Å². The fraction of sp³-hybridized carbons (Fsp3) is 0.367. The van der Waals surface area contributed by atoms with Gasteiger partial charge in [0.25, 0.3) is 0 Å². The fourth-order valence-corrected chi connectivity index (χ4v) is 6.32. The molecule has 0 spiro atoms. The van der Waals surface area contributed by atoms with E-state index in [0.717, 1.165) is 43.0 Å². The Kier molecular flexibility index (Phi) is 5.43. The minimum absolute atomic E-state index is 0.0455. The van der Waals surface area contributed by atoms with E-state index in [2.05, 4.69) is 71.1 Å². The molecule has 5 heteroatoms. The van der Waals surface area contributed by atoms with Crippen molar-refractivity contribution in [2.24, 2.45) is 17.3 Å². The summed E-state index contributed by atoms with van der Waals surface area (Å²) in [5, 5.41) is 1.07. The first-order valence-corrected chi connectivity index (χ1v) is 12.7. The molecule has 2 aromatic carbocycles. The molecule has 0 saturated carbocycles. The number of anilines is 1. The summed E-state index contributed by atoms with van der Waals surface area (Å²) in [6.45, 7) is 7.61. The Morgan fingerprint density at radius 3 is 2.60 bits per heavy atom. The molecule has 3 aromatic rings. The van der Waals surface area contributed by atoms with Gasteiger partial charge in [-0.25, -0.2) is 9.97 Å². The number of allylic oxidation sites excluding steroid dienone is 3.